The fraction of sp³-hybridized carbons (Fsp3) is 0.316. The van der Waals surface area contributed by atoms with Gasteiger partial charge in [-0.25, -0.2) is 0 Å². The minimum Gasteiger partial charge on any atom is -0.366 e. The highest BCUT2D eigenvalue weighted by Crippen LogP contribution is 2.29. The van der Waals surface area contributed by atoms with Crippen LogP contribution in [0.1, 0.15) is 35.2 Å². The maximum Gasteiger partial charge on any atom is 0.248 e. The number of carbonyl (C=O) groups is 1. The SMILES string of the molecule is CCN1CCC(c2ccc(-c3ccc(C(N)=O)cc3)cc2)C1. The fourth-order valence-electron chi connectivity index (χ4n) is 3.17. The molecule has 1 amide bonds. The molecule has 1 aliphatic rings. The van der Waals surface area contributed by atoms with Gasteiger partial charge >= 0.3 is 0 Å². The normalized spacial score (nSPS) is 18.5. The van der Waals surface area contributed by atoms with Crippen molar-refractivity contribution in [2.24, 2.45) is 5.73 Å². The van der Waals surface area contributed by atoms with Crippen molar-refractivity contribution >= 4 is 5.91 Å². The summed E-state index contributed by atoms with van der Waals surface area (Å²) in [5.41, 5.74) is 9.52. The Bertz CT molecular complexity index is 646. The molecule has 2 aromatic carbocycles. The number of primary amides is 1. The van der Waals surface area contributed by atoms with Crippen molar-refractivity contribution in [2.45, 2.75) is 19.3 Å². The van der Waals surface area contributed by atoms with Crippen LogP contribution in [0.25, 0.3) is 11.1 Å². The number of likely N-dealkylation sites (tertiary alicyclic amines) is 1. The minimum absolute atomic E-state index is 0.386. The number of rotatable bonds is 4. The zero-order valence-electron chi connectivity index (χ0n) is 13.0. The molecular formula is C19H22N2O. The van der Waals surface area contributed by atoms with Crippen LogP contribution >= 0.6 is 0 Å². The third kappa shape index (κ3) is 3.04. The number of nitrogens with two attached hydrogens (primary N) is 1. The number of benzene rings is 2. The molecule has 114 valence electrons. The number of amides is 1. The minimum atomic E-state index is -0.386. The Morgan fingerprint density at radius 2 is 1.68 bits per heavy atom. The third-order valence-corrected chi connectivity index (χ3v) is 4.60. The van der Waals surface area contributed by atoms with Gasteiger partial charge in [0.2, 0.25) is 5.91 Å². The van der Waals surface area contributed by atoms with Crippen molar-refractivity contribution in [3.8, 4) is 11.1 Å². The van der Waals surface area contributed by atoms with Gasteiger partial charge in [0.25, 0.3) is 0 Å². The van der Waals surface area contributed by atoms with Crippen LogP contribution < -0.4 is 5.73 Å². The Morgan fingerprint density at radius 3 is 2.18 bits per heavy atom. The van der Waals surface area contributed by atoms with E-state index in [2.05, 4.69) is 36.1 Å². The van der Waals surface area contributed by atoms with Gasteiger partial charge in [0.15, 0.2) is 0 Å². The van der Waals surface area contributed by atoms with Crippen LogP contribution in [-0.2, 0) is 0 Å². The lowest BCUT2D eigenvalue weighted by Gasteiger charge is -2.14. The molecule has 0 spiro atoms. The lowest BCUT2D eigenvalue weighted by molar-refractivity contribution is 0.100. The first-order chi connectivity index (χ1) is 10.7. The lowest BCUT2D eigenvalue weighted by Crippen LogP contribution is -2.19. The summed E-state index contributed by atoms with van der Waals surface area (Å²) < 4.78 is 0. The van der Waals surface area contributed by atoms with E-state index in [9.17, 15) is 4.79 Å². The standard InChI is InChI=1S/C19H22N2O/c1-2-21-12-11-18(13-21)16-5-3-14(4-6-16)15-7-9-17(10-8-15)19(20)22/h3-10,18H,2,11-13H2,1H3,(H2,20,22). The predicted molar refractivity (Wildman–Crippen MR) is 89.9 cm³/mol. The van der Waals surface area contributed by atoms with Crippen LogP contribution in [0.5, 0.6) is 0 Å². The molecule has 0 aliphatic carbocycles. The molecule has 3 heteroatoms. The van der Waals surface area contributed by atoms with E-state index in [4.69, 9.17) is 5.73 Å². The van der Waals surface area contributed by atoms with E-state index in [-0.39, 0.29) is 5.91 Å². The molecule has 1 aliphatic heterocycles. The highest BCUT2D eigenvalue weighted by Gasteiger charge is 2.22. The summed E-state index contributed by atoms with van der Waals surface area (Å²) >= 11 is 0. The second kappa shape index (κ2) is 6.32. The Labute approximate surface area is 131 Å². The van der Waals surface area contributed by atoms with Crippen molar-refractivity contribution in [3.05, 3.63) is 59.7 Å². The zero-order valence-corrected chi connectivity index (χ0v) is 13.0. The Hall–Kier alpha value is -2.13. The molecule has 2 N–H and O–H groups in total. The van der Waals surface area contributed by atoms with Gasteiger partial charge in [0.1, 0.15) is 0 Å². The number of carbonyl (C=O) groups excluding carboxylic acids is 1. The van der Waals surface area contributed by atoms with E-state index in [0.717, 1.165) is 12.1 Å². The molecule has 3 rings (SSSR count). The number of nitrogens with zero attached hydrogens (tertiary/aromatic N) is 1. The Morgan fingerprint density at radius 1 is 1.09 bits per heavy atom. The van der Waals surface area contributed by atoms with E-state index in [1.807, 2.05) is 12.1 Å². The summed E-state index contributed by atoms with van der Waals surface area (Å²) in [7, 11) is 0. The zero-order chi connectivity index (χ0) is 15.5. The molecule has 1 unspecified atom stereocenters. The summed E-state index contributed by atoms with van der Waals surface area (Å²) in [5.74, 6) is 0.273. The quantitative estimate of drug-likeness (QED) is 0.940. The average Bonchev–Trinajstić information content (AvgIpc) is 3.04. The van der Waals surface area contributed by atoms with Gasteiger partial charge in [-0.3, -0.25) is 4.79 Å². The fourth-order valence-corrected chi connectivity index (χ4v) is 3.17. The molecular weight excluding hydrogens is 272 g/mol. The monoisotopic (exact) mass is 294 g/mol. The summed E-state index contributed by atoms with van der Waals surface area (Å²) in [4.78, 5) is 13.6. The van der Waals surface area contributed by atoms with Crippen LogP contribution in [0, 0.1) is 0 Å². The lowest BCUT2D eigenvalue weighted by atomic mass is 9.95. The van der Waals surface area contributed by atoms with Crippen molar-refractivity contribution < 1.29 is 4.79 Å². The predicted octanol–water partition coefficient (Wildman–Crippen LogP) is 3.26. The topological polar surface area (TPSA) is 46.3 Å². The maximum atomic E-state index is 11.1. The maximum absolute atomic E-state index is 11.1. The molecule has 2 aromatic rings. The molecule has 22 heavy (non-hydrogen) atoms. The van der Waals surface area contributed by atoms with E-state index in [1.54, 1.807) is 12.1 Å². The molecule has 3 nitrogen and oxygen atoms in total. The van der Waals surface area contributed by atoms with Crippen molar-refractivity contribution in [2.75, 3.05) is 19.6 Å². The van der Waals surface area contributed by atoms with Gasteiger partial charge in [-0.05, 0) is 54.3 Å². The van der Waals surface area contributed by atoms with E-state index in [1.165, 1.54) is 30.6 Å². The van der Waals surface area contributed by atoms with Gasteiger partial charge in [0.05, 0.1) is 0 Å². The summed E-state index contributed by atoms with van der Waals surface area (Å²) in [6.45, 7) is 5.74. The first-order valence-corrected chi connectivity index (χ1v) is 7.90. The second-order valence-corrected chi connectivity index (χ2v) is 5.94. The molecule has 0 saturated carbocycles. The van der Waals surface area contributed by atoms with Crippen LogP contribution in [0.2, 0.25) is 0 Å². The second-order valence-electron chi connectivity index (χ2n) is 5.94. The number of hydrogen-bond donors (Lipinski definition) is 1. The van der Waals surface area contributed by atoms with Crippen LogP contribution in [0.4, 0.5) is 0 Å². The molecule has 0 bridgehead atoms. The van der Waals surface area contributed by atoms with Gasteiger partial charge in [-0.2, -0.15) is 0 Å². The van der Waals surface area contributed by atoms with E-state index in [0.29, 0.717) is 11.5 Å². The van der Waals surface area contributed by atoms with Gasteiger partial charge < -0.3 is 10.6 Å². The van der Waals surface area contributed by atoms with Crippen molar-refractivity contribution in [1.82, 2.24) is 4.90 Å². The summed E-state index contributed by atoms with van der Waals surface area (Å²) in [5, 5.41) is 0. The first kappa shape index (κ1) is 14.8. The van der Waals surface area contributed by atoms with Gasteiger partial charge in [-0.15, -0.1) is 0 Å². The Kier molecular flexibility index (Phi) is 4.25. The Balaban J connectivity index is 1.75. The first-order valence-electron chi connectivity index (χ1n) is 7.90. The molecule has 1 fully saturated rings. The van der Waals surface area contributed by atoms with Crippen molar-refractivity contribution in [3.63, 3.8) is 0 Å². The average molecular weight is 294 g/mol. The molecule has 1 heterocycles. The number of likely N-dealkylation sites (N-methyl/N-ethyl adjacent to an activating group) is 1. The smallest absolute Gasteiger partial charge is 0.248 e. The van der Waals surface area contributed by atoms with E-state index >= 15 is 0 Å². The van der Waals surface area contributed by atoms with E-state index < -0.39 is 0 Å². The highest BCUT2D eigenvalue weighted by molar-refractivity contribution is 5.93. The van der Waals surface area contributed by atoms with Crippen LogP contribution in [0.3, 0.4) is 0 Å². The molecule has 1 saturated heterocycles. The molecule has 0 radical (unpaired) electrons. The number of hydrogen-bond acceptors (Lipinski definition) is 2. The molecule has 0 aromatic heterocycles. The highest BCUT2D eigenvalue weighted by atomic mass is 16.1. The van der Waals surface area contributed by atoms with Gasteiger partial charge in [-0.1, -0.05) is 43.3 Å². The van der Waals surface area contributed by atoms with Crippen LogP contribution in [0.15, 0.2) is 48.5 Å². The van der Waals surface area contributed by atoms with Crippen molar-refractivity contribution in [1.29, 1.82) is 0 Å². The summed E-state index contributed by atoms with van der Waals surface area (Å²) in [6.07, 6.45) is 1.25. The summed E-state index contributed by atoms with van der Waals surface area (Å²) in [6, 6.07) is 16.3. The molecule has 1 atom stereocenters. The largest absolute Gasteiger partial charge is 0.366 e. The van der Waals surface area contributed by atoms with Gasteiger partial charge in [0, 0.05) is 12.1 Å². The third-order valence-electron chi connectivity index (χ3n) is 4.60. The van der Waals surface area contributed by atoms with Crippen LogP contribution in [-0.4, -0.2) is 30.4 Å².